The zero-order chi connectivity index (χ0) is 15.9. The predicted octanol–water partition coefficient (Wildman–Crippen LogP) is 3.80. The summed E-state index contributed by atoms with van der Waals surface area (Å²) in [5.74, 6) is 0.861. The Balaban J connectivity index is 1.69. The van der Waals surface area contributed by atoms with Crippen molar-refractivity contribution in [2.75, 3.05) is 13.2 Å². The highest BCUT2D eigenvalue weighted by atomic mass is 32.1. The summed E-state index contributed by atoms with van der Waals surface area (Å²) in [6, 6.07) is 9.89. The van der Waals surface area contributed by atoms with Gasteiger partial charge in [-0.15, -0.1) is 11.3 Å². The Bertz CT molecular complexity index is 611. The smallest absolute Gasteiger partial charge is 0.315 e. The molecular formula is C17H22N2O2S. The van der Waals surface area contributed by atoms with Crippen LogP contribution in [-0.4, -0.2) is 19.2 Å². The normalized spacial score (nSPS) is 11.8. The van der Waals surface area contributed by atoms with Gasteiger partial charge in [0.2, 0.25) is 0 Å². The largest absolute Gasteiger partial charge is 0.491 e. The zero-order valence-electron chi connectivity index (χ0n) is 13.2. The lowest BCUT2D eigenvalue weighted by Gasteiger charge is -2.14. The molecular weight excluding hydrogens is 296 g/mol. The summed E-state index contributed by atoms with van der Waals surface area (Å²) in [6.45, 7) is 6.96. The van der Waals surface area contributed by atoms with Crippen molar-refractivity contribution in [1.29, 1.82) is 0 Å². The summed E-state index contributed by atoms with van der Waals surface area (Å²) in [7, 11) is 0. The lowest BCUT2D eigenvalue weighted by molar-refractivity contribution is 0.233. The molecule has 1 aromatic carbocycles. The van der Waals surface area contributed by atoms with Crippen LogP contribution in [0.5, 0.6) is 5.75 Å². The van der Waals surface area contributed by atoms with Crippen molar-refractivity contribution in [2.45, 2.75) is 26.8 Å². The van der Waals surface area contributed by atoms with Gasteiger partial charge >= 0.3 is 6.03 Å². The molecule has 1 aromatic heterocycles. The van der Waals surface area contributed by atoms with Crippen LogP contribution in [0.2, 0.25) is 0 Å². The standard InChI is InChI=1S/C17H22N2O2S/c1-12-6-7-15(13(2)11-12)21-9-8-18-17(20)19-14(3)16-5-4-10-22-16/h4-7,10-11,14H,8-9H2,1-3H3,(H2,18,19,20). The van der Waals surface area contributed by atoms with Crippen LogP contribution in [0.25, 0.3) is 0 Å². The average molecular weight is 318 g/mol. The van der Waals surface area contributed by atoms with E-state index in [1.54, 1.807) is 11.3 Å². The molecule has 0 saturated carbocycles. The van der Waals surface area contributed by atoms with Crippen LogP contribution in [0.3, 0.4) is 0 Å². The van der Waals surface area contributed by atoms with Crippen LogP contribution < -0.4 is 15.4 Å². The molecule has 0 aliphatic carbocycles. The number of amides is 2. The highest BCUT2D eigenvalue weighted by molar-refractivity contribution is 7.10. The van der Waals surface area contributed by atoms with E-state index in [2.05, 4.69) is 23.6 Å². The zero-order valence-corrected chi connectivity index (χ0v) is 14.0. The van der Waals surface area contributed by atoms with Gasteiger partial charge in [-0.25, -0.2) is 4.79 Å². The van der Waals surface area contributed by atoms with Gasteiger partial charge in [0.05, 0.1) is 12.6 Å². The van der Waals surface area contributed by atoms with Crippen LogP contribution in [0.1, 0.15) is 29.0 Å². The number of hydrogen-bond acceptors (Lipinski definition) is 3. The fraction of sp³-hybridized carbons (Fsp3) is 0.353. The van der Waals surface area contributed by atoms with Gasteiger partial charge in [-0.2, -0.15) is 0 Å². The van der Waals surface area contributed by atoms with Crippen LogP contribution in [0, 0.1) is 13.8 Å². The summed E-state index contributed by atoms with van der Waals surface area (Å²) < 4.78 is 5.68. The second-order valence-electron chi connectivity index (χ2n) is 5.25. The molecule has 0 aliphatic heterocycles. The number of nitrogens with one attached hydrogen (secondary N) is 2. The second kappa shape index (κ2) is 7.84. The van der Waals surface area contributed by atoms with E-state index < -0.39 is 0 Å². The molecule has 2 rings (SSSR count). The van der Waals surface area contributed by atoms with E-state index in [9.17, 15) is 4.79 Å². The third kappa shape index (κ3) is 4.77. The summed E-state index contributed by atoms with van der Waals surface area (Å²) in [4.78, 5) is 12.9. The molecule has 1 atom stereocenters. The maximum Gasteiger partial charge on any atom is 0.315 e. The number of hydrogen-bond donors (Lipinski definition) is 2. The van der Waals surface area contributed by atoms with Gasteiger partial charge < -0.3 is 15.4 Å². The molecule has 22 heavy (non-hydrogen) atoms. The first-order chi connectivity index (χ1) is 10.6. The van der Waals surface area contributed by atoms with E-state index in [0.717, 1.165) is 16.2 Å². The van der Waals surface area contributed by atoms with E-state index in [4.69, 9.17) is 4.74 Å². The lowest BCUT2D eigenvalue weighted by Crippen LogP contribution is -2.38. The van der Waals surface area contributed by atoms with Crippen molar-refractivity contribution < 1.29 is 9.53 Å². The van der Waals surface area contributed by atoms with Crippen molar-refractivity contribution in [2.24, 2.45) is 0 Å². The van der Waals surface area contributed by atoms with E-state index in [1.807, 2.05) is 43.5 Å². The van der Waals surface area contributed by atoms with E-state index >= 15 is 0 Å². The van der Waals surface area contributed by atoms with E-state index in [-0.39, 0.29) is 12.1 Å². The Morgan fingerprint density at radius 1 is 1.32 bits per heavy atom. The monoisotopic (exact) mass is 318 g/mol. The Hall–Kier alpha value is -2.01. The molecule has 4 nitrogen and oxygen atoms in total. The van der Waals surface area contributed by atoms with Crippen molar-refractivity contribution in [3.05, 3.63) is 51.7 Å². The fourth-order valence-electron chi connectivity index (χ4n) is 2.14. The quantitative estimate of drug-likeness (QED) is 0.796. The van der Waals surface area contributed by atoms with Crippen molar-refractivity contribution in [1.82, 2.24) is 10.6 Å². The van der Waals surface area contributed by atoms with E-state index in [0.29, 0.717) is 13.2 Å². The predicted molar refractivity (Wildman–Crippen MR) is 90.7 cm³/mol. The topological polar surface area (TPSA) is 50.4 Å². The van der Waals surface area contributed by atoms with Gasteiger partial charge in [0.1, 0.15) is 12.4 Å². The van der Waals surface area contributed by atoms with Gasteiger partial charge in [-0.05, 0) is 43.8 Å². The molecule has 1 unspecified atom stereocenters. The summed E-state index contributed by atoms with van der Waals surface area (Å²) in [5.41, 5.74) is 2.32. The molecule has 2 N–H and O–H groups in total. The first kappa shape index (κ1) is 16.4. The molecule has 0 bridgehead atoms. The number of urea groups is 1. The van der Waals surface area contributed by atoms with Crippen LogP contribution in [-0.2, 0) is 0 Å². The minimum absolute atomic E-state index is 0.0141. The maximum atomic E-state index is 11.8. The Morgan fingerprint density at radius 3 is 2.82 bits per heavy atom. The van der Waals surface area contributed by atoms with Crippen molar-refractivity contribution >= 4 is 17.4 Å². The second-order valence-corrected chi connectivity index (χ2v) is 6.23. The number of carbonyl (C=O) groups excluding carboxylic acids is 1. The van der Waals surface area contributed by atoms with E-state index in [1.165, 1.54) is 5.56 Å². The summed E-state index contributed by atoms with van der Waals surface area (Å²) >= 11 is 1.63. The average Bonchev–Trinajstić information content (AvgIpc) is 2.99. The number of rotatable bonds is 6. The number of benzene rings is 1. The first-order valence-corrected chi connectivity index (χ1v) is 8.22. The molecule has 0 spiro atoms. The highest BCUT2D eigenvalue weighted by Crippen LogP contribution is 2.19. The number of ether oxygens (including phenoxy) is 1. The highest BCUT2D eigenvalue weighted by Gasteiger charge is 2.09. The minimum Gasteiger partial charge on any atom is -0.491 e. The van der Waals surface area contributed by atoms with Gasteiger partial charge in [-0.3, -0.25) is 0 Å². The van der Waals surface area contributed by atoms with Gasteiger partial charge in [0, 0.05) is 4.88 Å². The summed E-state index contributed by atoms with van der Waals surface area (Å²) in [6.07, 6.45) is 0. The summed E-state index contributed by atoms with van der Waals surface area (Å²) in [5, 5.41) is 7.71. The Labute approximate surface area is 135 Å². The third-order valence-electron chi connectivity index (χ3n) is 3.29. The molecule has 2 amide bonds. The van der Waals surface area contributed by atoms with Crippen molar-refractivity contribution in [3.63, 3.8) is 0 Å². The number of carbonyl (C=O) groups is 1. The maximum absolute atomic E-state index is 11.8. The van der Waals surface area contributed by atoms with Crippen molar-refractivity contribution in [3.8, 4) is 5.75 Å². The molecule has 0 saturated heterocycles. The van der Waals surface area contributed by atoms with Gasteiger partial charge in [0.25, 0.3) is 0 Å². The minimum atomic E-state index is -0.176. The Kier molecular flexibility index (Phi) is 5.83. The molecule has 1 heterocycles. The molecule has 0 radical (unpaired) electrons. The molecule has 0 fully saturated rings. The number of aryl methyl sites for hydroxylation is 2. The van der Waals surface area contributed by atoms with Crippen LogP contribution in [0.4, 0.5) is 4.79 Å². The lowest BCUT2D eigenvalue weighted by atomic mass is 10.1. The molecule has 2 aromatic rings. The first-order valence-electron chi connectivity index (χ1n) is 7.34. The van der Waals surface area contributed by atoms with Crippen LogP contribution >= 0.6 is 11.3 Å². The third-order valence-corrected chi connectivity index (χ3v) is 4.35. The number of thiophene rings is 1. The van der Waals surface area contributed by atoms with Crippen LogP contribution in [0.15, 0.2) is 35.7 Å². The molecule has 118 valence electrons. The SMILES string of the molecule is Cc1ccc(OCCNC(=O)NC(C)c2cccs2)c(C)c1. The molecule has 5 heteroatoms. The fourth-order valence-corrected chi connectivity index (χ4v) is 2.88. The van der Waals surface area contributed by atoms with Gasteiger partial charge in [0.15, 0.2) is 0 Å². The van der Waals surface area contributed by atoms with Gasteiger partial charge in [-0.1, -0.05) is 23.8 Å². The Morgan fingerprint density at radius 2 is 2.14 bits per heavy atom. The molecule has 0 aliphatic rings.